The zero-order valence-electron chi connectivity index (χ0n) is 8.50. The molecule has 0 aliphatic rings. The number of alkyl halides is 1. The Morgan fingerprint density at radius 1 is 1.54 bits per heavy atom. The van der Waals surface area contributed by atoms with Gasteiger partial charge in [-0.15, -0.1) is 11.6 Å². The van der Waals surface area contributed by atoms with E-state index in [1.54, 1.807) is 0 Å². The van der Waals surface area contributed by atoms with Crippen molar-refractivity contribution in [2.45, 2.75) is 45.0 Å². The third-order valence-electron chi connectivity index (χ3n) is 2.31. The Morgan fingerprint density at radius 2 is 2.23 bits per heavy atom. The predicted octanol–water partition coefficient (Wildman–Crippen LogP) is 3.02. The van der Waals surface area contributed by atoms with E-state index in [4.69, 9.17) is 11.6 Å². The van der Waals surface area contributed by atoms with Crippen molar-refractivity contribution in [3.05, 3.63) is 18.2 Å². The monoisotopic (exact) mass is 200 g/mol. The van der Waals surface area contributed by atoms with E-state index in [-0.39, 0.29) is 5.38 Å². The maximum atomic E-state index is 6.04. The van der Waals surface area contributed by atoms with Gasteiger partial charge < -0.3 is 4.57 Å². The SMILES string of the molecule is CCCn1ccnc1C(C)C(C)Cl. The third-order valence-corrected chi connectivity index (χ3v) is 2.69. The molecule has 0 N–H and O–H groups in total. The van der Waals surface area contributed by atoms with Crippen LogP contribution in [0.5, 0.6) is 0 Å². The first-order chi connectivity index (χ1) is 6.16. The van der Waals surface area contributed by atoms with E-state index in [0.29, 0.717) is 5.92 Å². The summed E-state index contributed by atoms with van der Waals surface area (Å²) in [6, 6.07) is 0. The van der Waals surface area contributed by atoms with Crippen LogP contribution in [0.1, 0.15) is 38.9 Å². The van der Waals surface area contributed by atoms with Crippen LogP contribution in [0.2, 0.25) is 0 Å². The Hall–Kier alpha value is -0.500. The van der Waals surface area contributed by atoms with Gasteiger partial charge in [0.1, 0.15) is 5.82 Å². The van der Waals surface area contributed by atoms with E-state index in [0.717, 1.165) is 18.8 Å². The van der Waals surface area contributed by atoms with E-state index in [1.807, 2.05) is 19.3 Å². The van der Waals surface area contributed by atoms with Gasteiger partial charge in [0.05, 0.1) is 0 Å². The molecule has 1 rings (SSSR count). The third kappa shape index (κ3) is 2.47. The van der Waals surface area contributed by atoms with Crippen LogP contribution in [-0.2, 0) is 6.54 Å². The lowest BCUT2D eigenvalue weighted by atomic mass is 10.1. The number of hydrogen-bond donors (Lipinski definition) is 0. The van der Waals surface area contributed by atoms with Gasteiger partial charge in [-0.05, 0) is 13.3 Å². The van der Waals surface area contributed by atoms with E-state index < -0.39 is 0 Å². The topological polar surface area (TPSA) is 17.8 Å². The highest BCUT2D eigenvalue weighted by Crippen LogP contribution is 2.21. The molecular formula is C10H17ClN2. The van der Waals surface area contributed by atoms with Crippen molar-refractivity contribution < 1.29 is 0 Å². The second kappa shape index (κ2) is 4.66. The molecule has 2 unspecified atom stereocenters. The Balaban J connectivity index is 2.80. The molecule has 0 radical (unpaired) electrons. The van der Waals surface area contributed by atoms with Gasteiger partial charge in [0.25, 0.3) is 0 Å². The average Bonchev–Trinajstić information content (AvgIpc) is 2.52. The van der Waals surface area contributed by atoms with Crippen molar-refractivity contribution in [1.29, 1.82) is 0 Å². The predicted molar refractivity (Wildman–Crippen MR) is 56.2 cm³/mol. The molecule has 0 amide bonds. The quantitative estimate of drug-likeness (QED) is 0.684. The van der Waals surface area contributed by atoms with Crippen molar-refractivity contribution in [3.8, 4) is 0 Å². The Bertz CT molecular complexity index is 255. The minimum atomic E-state index is 0.137. The normalized spacial score (nSPS) is 15.7. The minimum absolute atomic E-state index is 0.137. The molecular weight excluding hydrogens is 184 g/mol. The molecule has 2 nitrogen and oxygen atoms in total. The maximum Gasteiger partial charge on any atom is 0.112 e. The van der Waals surface area contributed by atoms with Gasteiger partial charge >= 0.3 is 0 Å². The van der Waals surface area contributed by atoms with Gasteiger partial charge in [-0.1, -0.05) is 13.8 Å². The van der Waals surface area contributed by atoms with Crippen molar-refractivity contribution in [1.82, 2.24) is 9.55 Å². The molecule has 3 heteroatoms. The molecule has 0 aliphatic carbocycles. The molecule has 0 fully saturated rings. The summed E-state index contributed by atoms with van der Waals surface area (Å²) in [5.41, 5.74) is 0. The van der Waals surface area contributed by atoms with Crippen LogP contribution in [0.25, 0.3) is 0 Å². The highest BCUT2D eigenvalue weighted by atomic mass is 35.5. The van der Waals surface area contributed by atoms with Crippen molar-refractivity contribution >= 4 is 11.6 Å². The first-order valence-electron chi connectivity index (χ1n) is 4.82. The van der Waals surface area contributed by atoms with Crippen LogP contribution in [0, 0.1) is 0 Å². The largest absolute Gasteiger partial charge is 0.335 e. The van der Waals surface area contributed by atoms with E-state index in [2.05, 4.69) is 23.4 Å². The average molecular weight is 201 g/mol. The molecule has 13 heavy (non-hydrogen) atoms. The van der Waals surface area contributed by atoms with Gasteiger partial charge in [-0.2, -0.15) is 0 Å². The number of imidazole rings is 1. The molecule has 2 atom stereocenters. The van der Waals surface area contributed by atoms with Crippen molar-refractivity contribution in [3.63, 3.8) is 0 Å². The summed E-state index contributed by atoms with van der Waals surface area (Å²) >= 11 is 6.04. The summed E-state index contributed by atoms with van der Waals surface area (Å²) in [7, 11) is 0. The van der Waals surface area contributed by atoms with E-state index in [9.17, 15) is 0 Å². The Kier molecular flexibility index (Phi) is 3.79. The second-order valence-electron chi connectivity index (χ2n) is 3.45. The number of aryl methyl sites for hydroxylation is 1. The zero-order valence-corrected chi connectivity index (χ0v) is 9.25. The van der Waals surface area contributed by atoms with Gasteiger partial charge in [0, 0.05) is 30.2 Å². The molecule has 0 aromatic carbocycles. The molecule has 1 heterocycles. The van der Waals surface area contributed by atoms with E-state index >= 15 is 0 Å². The fraction of sp³-hybridized carbons (Fsp3) is 0.700. The van der Waals surface area contributed by atoms with Crippen molar-refractivity contribution in [2.75, 3.05) is 0 Å². The Morgan fingerprint density at radius 3 is 2.77 bits per heavy atom. The van der Waals surface area contributed by atoms with E-state index in [1.165, 1.54) is 0 Å². The van der Waals surface area contributed by atoms with Crippen LogP contribution in [0.15, 0.2) is 12.4 Å². The summed E-state index contributed by atoms with van der Waals surface area (Å²) < 4.78 is 2.18. The number of halogens is 1. The van der Waals surface area contributed by atoms with Crippen molar-refractivity contribution in [2.24, 2.45) is 0 Å². The molecule has 0 spiro atoms. The minimum Gasteiger partial charge on any atom is -0.335 e. The van der Waals surface area contributed by atoms with Crippen LogP contribution < -0.4 is 0 Å². The summed E-state index contributed by atoms with van der Waals surface area (Å²) in [6.45, 7) is 7.32. The highest BCUT2D eigenvalue weighted by Gasteiger charge is 2.16. The summed E-state index contributed by atoms with van der Waals surface area (Å²) in [4.78, 5) is 4.33. The van der Waals surface area contributed by atoms with Gasteiger partial charge in [0.15, 0.2) is 0 Å². The number of nitrogens with zero attached hydrogens (tertiary/aromatic N) is 2. The molecule has 0 saturated heterocycles. The molecule has 0 bridgehead atoms. The van der Waals surface area contributed by atoms with Crippen LogP contribution in [-0.4, -0.2) is 14.9 Å². The number of rotatable bonds is 4. The fourth-order valence-electron chi connectivity index (χ4n) is 1.36. The first-order valence-corrected chi connectivity index (χ1v) is 5.25. The molecule has 0 aliphatic heterocycles. The van der Waals surface area contributed by atoms with Crippen LogP contribution in [0.4, 0.5) is 0 Å². The summed E-state index contributed by atoms with van der Waals surface area (Å²) in [6.07, 6.45) is 5.00. The zero-order chi connectivity index (χ0) is 9.84. The van der Waals surface area contributed by atoms with Gasteiger partial charge in [-0.3, -0.25) is 0 Å². The lowest BCUT2D eigenvalue weighted by molar-refractivity contribution is 0.584. The highest BCUT2D eigenvalue weighted by molar-refractivity contribution is 6.20. The van der Waals surface area contributed by atoms with Gasteiger partial charge in [-0.25, -0.2) is 4.98 Å². The summed E-state index contributed by atoms with van der Waals surface area (Å²) in [5, 5.41) is 0.137. The smallest absolute Gasteiger partial charge is 0.112 e. The van der Waals surface area contributed by atoms with Crippen LogP contribution in [0.3, 0.4) is 0 Å². The molecule has 74 valence electrons. The molecule has 0 saturated carbocycles. The maximum absolute atomic E-state index is 6.04. The van der Waals surface area contributed by atoms with Crippen LogP contribution >= 0.6 is 11.6 Å². The lowest BCUT2D eigenvalue weighted by Crippen LogP contribution is -2.12. The standard InChI is InChI=1S/C10H17ClN2/c1-4-6-13-7-5-12-10(13)8(2)9(3)11/h5,7-9H,4,6H2,1-3H3. The Labute approximate surface area is 84.9 Å². The fourth-order valence-corrected chi connectivity index (χ4v) is 1.47. The second-order valence-corrected chi connectivity index (χ2v) is 4.13. The first kappa shape index (κ1) is 10.6. The van der Waals surface area contributed by atoms with Gasteiger partial charge in [0.2, 0.25) is 0 Å². The summed E-state index contributed by atoms with van der Waals surface area (Å²) in [5.74, 6) is 1.42. The molecule has 1 aromatic rings. The lowest BCUT2D eigenvalue weighted by Gasteiger charge is -2.15. The molecule has 1 aromatic heterocycles. The number of aromatic nitrogens is 2. The number of hydrogen-bond acceptors (Lipinski definition) is 1.